The molecule has 0 fully saturated rings. The lowest BCUT2D eigenvalue weighted by Gasteiger charge is -1.97. The number of aromatic nitrogens is 1. The summed E-state index contributed by atoms with van der Waals surface area (Å²) in [5.41, 5.74) is 3.99. The molecule has 1 heterocycles. The Hall–Kier alpha value is -3.30. The average Bonchev–Trinajstić information content (AvgIpc) is 3.26. The van der Waals surface area contributed by atoms with Crippen molar-refractivity contribution in [3.63, 3.8) is 0 Å². The number of nitriles is 1. The largest absolute Gasteiger partial charge is 0.310 e. The Morgan fingerprint density at radius 3 is 2.65 bits per heavy atom. The van der Waals surface area contributed by atoms with Crippen LogP contribution in [0.25, 0.3) is 11.3 Å². The Bertz CT molecular complexity index is 1210. The fourth-order valence-corrected chi connectivity index (χ4v) is 4.03. The second kappa shape index (κ2) is 6.90. The molecule has 0 unspecified atom stereocenters. The molecule has 1 aliphatic rings. The number of azo groups is 1. The number of rotatable bonds is 2. The SMILES string of the molecule is N#CC(N=Nc1ccccc1)=c1[nH]c(=O)/c(=C2\CCc3ccccc32)s1. The van der Waals surface area contributed by atoms with E-state index in [-0.39, 0.29) is 11.3 Å². The number of hydrogen-bond acceptors (Lipinski definition) is 5. The van der Waals surface area contributed by atoms with Crippen molar-refractivity contribution in [3.8, 4) is 6.07 Å². The zero-order valence-corrected chi connectivity index (χ0v) is 14.6. The van der Waals surface area contributed by atoms with Crippen molar-refractivity contribution in [1.29, 1.82) is 5.26 Å². The zero-order chi connectivity index (χ0) is 17.9. The van der Waals surface area contributed by atoms with Gasteiger partial charge < -0.3 is 4.98 Å². The number of thiazole rings is 1. The van der Waals surface area contributed by atoms with E-state index in [9.17, 15) is 10.1 Å². The predicted molar refractivity (Wildman–Crippen MR) is 101 cm³/mol. The van der Waals surface area contributed by atoms with Gasteiger partial charge in [-0.2, -0.15) is 5.26 Å². The molecule has 1 aromatic heterocycles. The Kier molecular flexibility index (Phi) is 4.30. The van der Waals surface area contributed by atoms with Crippen LogP contribution in [0.2, 0.25) is 0 Å². The van der Waals surface area contributed by atoms with E-state index in [1.165, 1.54) is 16.9 Å². The molecule has 1 aliphatic carbocycles. The highest BCUT2D eigenvalue weighted by atomic mass is 32.1. The molecule has 0 radical (unpaired) electrons. The summed E-state index contributed by atoms with van der Waals surface area (Å²) in [5, 5.41) is 17.5. The Balaban J connectivity index is 1.85. The first-order valence-corrected chi connectivity index (χ1v) is 8.99. The lowest BCUT2D eigenvalue weighted by atomic mass is 10.1. The molecule has 0 amide bonds. The number of aryl methyl sites for hydroxylation is 1. The van der Waals surface area contributed by atoms with Gasteiger partial charge in [0.15, 0.2) is 5.70 Å². The van der Waals surface area contributed by atoms with E-state index in [0.29, 0.717) is 14.9 Å². The van der Waals surface area contributed by atoms with Gasteiger partial charge in [0.05, 0.1) is 10.2 Å². The summed E-state index contributed by atoms with van der Waals surface area (Å²) >= 11 is 1.27. The second-order valence-electron chi connectivity index (χ2n) is 5.85. The minimum absolute atomic E-state index is 0.106. The van der Waals surface area contributed by atoms with Crippen LogP contribution in [0.4, 0.5) is 5.69 Å². The van der Waals surface area contributed by atoms with Crippen molar-refractivity contribution in [2.24, 2.45) is 10.2 Å². The number of aromatic amines is 1. The number of hydrogen-bond donors (Lipinski definition) is 1. The standard InChI is InChI=1S/C20H14N4OS/c21-12-17(24-23-14-7-2-1-3-8-14)20-22-19(25)18(26-20)16-11-10-13-6-4-5-9-15(13)16/h1-9H,10-11H2,(H,22,25)/b18-16-,20-17?,24-23?. The topological polar surface area (TPSA) is 81.4 Å². The van der Waals surface area contributed by atoms with Gasteiger partial charge in [-0.25, -0.2) is 0 Å². The van der Waals surface area contributed by atoms with E-state index in [0.717, 1.165) is 24.0 Å². The molecule has 2 aromatic carbocycles. The highest BCUT2D eigenvalue weighted by Gasteiger charge is 2.18. The summed E-state index contributed by atoms with van der Waals surface area (Å²) in [6, 6.07) is 19.3. The lowest BCUT2D eigenvalue weighted by molar-refractivity contribution is 1.08. The van der Waals surface area contributed by atoms with E-state index < -0.39 is 0 Å². The van der Waals surface area contributed by atoms with Crippen LogP contribution in [0.3, 0.4) is 0 Å². The van der Waals surface area contributed by atoms with Crippen LogP contribution in [0.5, 0.6) is 0 Å². The third kappa shape index (κ3) is 3.01. The first kappa shape index (κ1) is 16.2. The maximum atomic E-state index is 12.5. The monoisotopic (exact) mass is 358 g/mol. The molecule has 6 heteroatoms. The van der Waals surface area contributed by atoms with E-state index in [1.54, 1.807) is 12.1 Å². The van der Waals surface area contributed by atoms with E-state index in [1.807, 2.05) is 42.5 Å². The van der Waals surface area contributed by atoms with Crippen molar-refractivity contribution < 1.29 is 0 Å². The van der Waals surface area contributed by atoms with Crippen LogP contribution in [0.15, 0.2) is 69.6 Å². The van der Waals surface area contributed by atoms with Crippen molar-refractivity contribution in [2.45, 2.75) is 12.8 Å². The van der Waals surface area contributed by atoms with Crippen LogP contribution < -0.4 is 14.8 Å². The first-order chi connectivity index (χ1) is 12.8. The fourth-order valence-electron chi connectivity index (χ4n) is 3.02. The fraction of sp³-hybridized carbons (Fsp3) is 0.100. The number of nitrogens with one attached hydrogen (secondary N) is 1. The second-order valence-corrected chi connectivity index (χ2v) is 6.87. The third-order valence-electron chi connectivity index (χ3n) is 4.24. The minimum Gasteiger partial charge on any atom is -0.310 e. The zero-order valence-electron chi connectivity index (χ0n) is 13.8. The molecule has 0 bridgehead atoms. The van der Waals surface area contributed by atoms with E-state index in [4.69, 9.17) is 0 Å². The Labute approximate surface area is 153 Å². The highest BCUT2D eigenvalue weighted by Crippen LogP contribution is 2.29. The van der Waals surface area contributed by atoms with E-state index >= 15 is 0 Å². The van der Waals surface area contributed by atoms with Crippen LogP contribution in [-0.2, 0) is 6.42 Å². The van der Waals surface area contributed by atoms with Crippen LogP contribution >= 0.6 is 11.3 Å². The van der Waals surface area contributed by atoms with Crippen molar-refractivity contribution in [1.82, 2.24) is 4.98 Å². The molecule has 1 N–H and O–H groups in total. The lowest BCUT2D eigenvalue weighted by Crippen LogP contribution is -2.22. The summed E-state index contributed by atoms with van der Waals surface area (Å²) in [7, 11) is 0. The van der Waals surface area contributed by atoms with Crippen molar-refractivity contribution in [2.75, 3.05) is 0 Å². The smallest absolute Gasteiger partial charge is 0.266 e. The van der Waals surface area contributed by atoms with Gasteiger partial charge in [-0.1, -0.05) is 42.5 Å². The highest BCUT2D eigenvalue weighted by molar-refractivity contribution is 7.07. The molecule has 0 saturated carbocycles. The molecule has 0 spiro atoms. The molecule has 0 atom stereocenters. The summed E-state index contributed by atoms with van der Waals surface area (Å²) in [6.07, 6.45) is 1.76. The van der Waals surface area contributed by atoms with Gasteiger partial charge in [-0.15, -0.1) is 21.6 Å². The predicted octanol–water partition coefficient (Wildman–Crippen LogP) is 3.00. The normalized spacial score (nSPS) is 16.4. The summed E-state index contributed by atoms with van der Waals surface area (Å²) in [6.45, 7) is 0. The van der Waals surface area contributed by atoms with Gasteiger partial charge in [0, 0.05) is 0 Å². The van der Waals surface area contributed by atoms with Gasteiger partial charge in [-0.05, 0) is 41.7 Å². The van der Waals surface area contributed by atoms with Crippen LogP contribution in [-0.4, -0.2) is 4.98 Å². The molecule has 26 heavy (non-hydrogen) atoms. The Morgan fingerprint density at radius 2 is 1.85 bits per heavy atom. The molecule has 0 aliphatic heterocycles. The van der Waals surface area contributed by atoms with Gasteiger partial charge in [0.1, 0.15) is 10.7 Å². The number of fused-ring (bicyclic) bond motifs is 1. The van der Waals surface area contributed by atoms with Crippen LogP contribution in [0.1, 0.15) is 17.5 Å². The van der Waals surface area contributed by atoms with E-state index in [2.05, 4.69) is 21.3 Å². The van der Waals surface area contributed by atoms with Gasteiger partial charge >= 0.3 is 0 Å². The van der Waals surface area contributed by atoms with Gasteiger partial charge in [0.2, 0.25) is 0 Å². The summed E-state index contributed by atoms with van der Waals surface area (Å²) in [4.78, 5) is 15.2. The first-order valence-electron chi connectivity index (χ1n) is 8.18. The molecular weight excluding hydrogens is 344 g/mol. The maximum Gasteiger partial charge on any atom is 0.266 e. The number of benzene rings is 2. The molecule has 126 valence electrons. The molecule has 3 aromatic rings. The maximum absolute atomic E-state index is 12.5. The van der Waals surface area contributed by atoms with Crippen molar-refractivity contribution in [3.05, 3.63) is 85.3 Å². The van der Waals surface area contributed by atoms with Gasteiger partial charge in [0.25, 0.3) is 5.56 Å². The molecule has 5 nitrogen and oxygen atoms in total. The van der Waals surface area contributed by atoms with Crippen molar-refractivity contribution >= 4 is 28.3 Å². The third-order valence-corrected chi connectivity index (χ3v) is 5.38. The quantitative estimate of drug-likeness (QED) is 0.715. The average molecular weight is 358 g/mol. The number of nitrogens with zero attached hydrogens (tertiary/aromatic N) is 3. The Morgan fingerprint density at radius 1 is 1.08 bits per heavy atom. The number of H-pyrrole nitrogens is 1. The molecule has 0 saturated heterocycles. The van der Waals surface area contributed by atoms with Crippen LogP contribution in [0, 0.1) is 11.3 Å². The summed E-state index contributed by atoms with van der Waals surface area (Å²) in [5.74, 6) is 0. The van der Waals surface area contributed by atoms with Gasteiger partial charge in [-0.3, -0.25) is 4.79 Å². The molecular formula is C20H14N4OS. The summed E-state index contributed by atoms with van der Waals surface area (Å²) < 4.78 is 1.08. The molecule has 4 rings (SSSR count). The minimum atomic E-state index is -0.181.